The number of carbonyl (C=O) groups is 3. The Morgan fingerprint density at radius 3 is 2.27 bits per heavy atom. The van der Waals surface area contributed by atoms with Crippen molar-refractivity contribution in [2.75, 3.05) is 18.0 Å². The second-order valence-electron chi connectivity index (χ2n) is 7.31. The summed E-state index contributed by atoms with van der Waals surface area (Å²) in [5, 5.41) is 0. The first-order chi connectivity index (χ1) is 12.6. The molecule has 2 fully saturated rings. The molecule has 0 unspecified atom stereocenters. The summed E-state index contributed by atoms with van der Waals surface area (Å²) in [6.07, 6.45) is 5.78. The van der Waals surface area contributed by atoms with E-state index in [0.717, 1.165) is 44.2 Å². The number of fused-ring (bicyclic) bond motifs is 1. The summed E-state index contributed by atoms with van der Waals surface area (Å²) < 4.78 is 0. The number of para-hydroxylation sites is 1. The predicted molar refractivity (Wildman–Crippen MR) is 100 cm³/mol. The highest BCUT2D eigenvalue weighted by Gasteiger charge is 2.47. The quantitative estimate of drug-likeness (QED) is 0.704. The van der Waals surface area contributed by atoms with E-state index in [9.17, 15) is 14.4 Å². The smallest absolute Gasteiger partial charge is 0.233 e. The Balaban J connectivity index is 1.64. The number of imide groups is 1. The molecule has 1 heterocycles. The Kier molecular flexibility index (Phi) is 6.07. The fraction of sp³-hybridized carbons (Fsp3) is 0.571. The van der Waals surface area contributed by atoms with Crippen molar-refractivity contribution < 1.29 is 14.4 Å². The van der Waals surface area contributed by atoms with E-state index in [1.165, 1.54) is 4.90 Å². The molecule has 140 valence electrons. The number of carbonyl (C=O) groups excluding carboxylic acids is 3. The van der Waals surface area contributed by atoms with Crippen LogP contribution in [-0.4, -0.2) is 35.7 Å². The van der Waals surface area contributed by atoms with E-state index in [1.807, 2.05) is 30.3 Å². The maximum Gasteiger partial charge on any atom is 0.233 e. The largest absolute Gasteiger partial charge is 0.312 e. The van der Waals surface area contributed by atoms with Crippen LogP contribution in [0, 0.1) is 11.8 Å². The molecule has 1 aromatic rings. The molecule has 1 aliphatic heterocycles. The van der Waals surface area contributed by atoms with Gasteiger partial charge in [0.05, 0.1) is 11.8 Å². The van der Waals surface area contributed by atoms with E-state index in [-0.39, 0.29) is 42.5 Å². The highest BCUT2D eigenvalue weighted by atomic mass is 16.2. The third-order valence-electron chi connectivity index (χ3n) is 5.59. The molecule has 26 heavy (non-hydrogen) atoms. The Labute approximate surface area is 155 Å². The van der Waals surface area contributed by atoms with E-state index in [0.29, 0.717) is 6.54 Å². The minimum atomic E-state index is -0.142. The zero-order valence-corrected chi connectivity index (χ0v) is 15.5. The van der Waals surface area contributed by atoms with Gasteiger partial charge in [-0.2, -0.15) is 0 Å². The van der Waals surface area contributed by atoms with Gasteiger partial charge >= 0.3 is 0 Å². The van der Waals surface area contributed by atoms with Crippen molar-refractivity contribution in [2.45, 2.75) is 51.9 Å². The molecule has 3 rings (SSSR count). The number of anilines is 1. The highest BCUT2D eigenvalue weighted by molar-refractivity contribution is 6.05. The molecular weight excluding hydrogens is 328 g/mol. The minimum absolute atomic E-state index is 0.0277. The molecule has 0 N–H and O–H groups in total. The molecule has 3 amide bonds. The topological polar surface area (TPSA) is 57.7 Å². The number of hydrogen-bond donors (Lipinski definition) is 0. The number of hydrogen-bond acceptors (Lipinski definition) is 3. The lowest BCUT2D eigenvalue weighted by Gasteiger charge is -2.24. The maximum absolute atomic E-state index is 12.8. The third-order valence-corrected chi connectivity index (χ3v) is 5.59. The second-order valence-corrected chi connectivity index (χ2v) is 7.31. The molecule has 1 aromatic carbocycles. The Hall–Kier alpha value is -2.17. The molecule has 2 atom stereocenters. The van der Waals surface area contributed by atoms with Crippen LogP contribution in [0.5, 0.6) is 0 Å². The minimum Gasteiger partial charge on any atom is -0.312 e. The van der Waals surface area contributed by atoms with E-state index in [1.54, 1.807) is 4.90 Å². The zero-order valence-electron chi connectivity index (χ0n) is 15.5. The number of rotatable bonds is 7. The van der Waals surface area contributed by atoms with Crippen LogP contribution < -0.4 is 4.90 Å². The van der Waals surface area contributed by atoms with Gasteiger partial charge < -0.3 is 4.90 Å². The fourth-order valence-corrected chi connectivity index (χ4v) is 4.12. The van der Waals surface area contributed by atoms with Crippen LogP contribution in [0.2, 0.25) is 0 Å². The summed E-state index contributed by atoms with van der Waals surface area (Å²) in [6, 6.07) is 9.61. The number of nitrogens with zero attached hydrogens (tertiary/aromatic N) is 2. The lowest BCUT2D eigenvalue weighted by atomic mass is 9.81. The summed E-state index contributed by atoms with van der Waals surface area (Å²) in [4.78, 5) is 41.0. The number of likely N-dealkylation sites (tertiary alicyclic amines) is 1. The van der Waals surface area contributed by atoms with Crippen LogP contribution in [0.15, 0.2) is 30.3 Å². The standard InChI is InChI=1S/C21H28N2O3/c1-2-3-14-22(16-9-5-4-6-10-16)19(24)13-15-23-20(25)17-11-7-8-12-18(17)21(23)26/h4-6,9-10,17-18H,2-3,7-8,11-15H2,1H3/t17-,18-/m1/s1. The average molecular weight is 356 g/mol. The van der Waals surface area contributed by atoms with Crippen molar-refractivity contribution in [1.29, 1.82) is 0 Å². The van der Waals surface area contributed by atoms with Gasteiger partial charge in [0, 0.05) is 25.2 Å². The van der Waals surface area contributed by atoms with Crippen molar-refractivity contribution in [1.82, 2.24) is 4.90 Å². The summed E-state index contributed by atoms with van der Waals surface area (Å²) in [5.41, 5.74) is 0.874. The van der Waals surface area contributed by atoms with Gasteiger partial charge in [-0.05, 0) is 31.4 Å². The zero-order chi connectivity index (χ0) is 18.5. The van der Waals surface area contributed by atoms with Gasteiger partial charge in [-0.15, -0.1) is 0 Å². The third kappa shape index (κ3) is 3.81. The summed E-state index contributed by atoms with van der Waals surface area (Å²) >= 11 is 0. The molecule has 1 saturated heterocycles. The Morgan fingerprint density at radius 2 is 1.69 bits per heavy atom. The van der Waals surface area contributed by atoms with Gasteiger partial charge in [-0.25, -0.2) is 0 Å². The van der Waals surface area contributed by atoms with Crippen LogP contribution in [0.4, 0.5) is 5.69 Å². The van der Waals surface area contributed by atoms with Gasteiger partial charge in [0.2, 0.25) is 17.7 Å². The molecule has 0 aromatic heterocycles. The molecule has 1 saturated carbocycles. The molecule has 5 nitrogen and oxygen atoms in total. The molecule has 0 spiro atoms. The van der Waals surface area contributed by atoms with Gasteiger partial charge in [-0.3, -0.25) is 19.3 Å². The van der Waals surface area contributed by atoms with Gasteiger partial charge in [-0.1, -0.05) is 44.4 Å². The number of benzene rings is 1. The van der Waals surface area contributed by atoms with Crippen LogP contribution >= 0.6 is 0 Å². The molecular formula is C21H28N2O3. The van der Waals surface area contributed by atoms with Gasteiger partial charge in [0.15, 0.2) is 0 Å². The lowest BCUT2D eigenvalue weighted by molar-refractivity contribution is -0.140. The van der Waals surface area contributed by atoms with Crippen molar-refractivity contribution >= 4 is 23.4 Å². The summed E-state index contributed by atoms with van der Waals surface area (Å²) in [6.45, 7) is 2.96. The lowest BCUT2D eigenvalue weighted by Crippen LogP contribution is -2.38. The van der Waals surface area contributed by atoms with E-state index in [2.05, 4.69) is 6.92 Å². The van der Waals surface area contributed by atoms with Crippen LogP contribution in [0.25, 0.3) is 0 Å². The fourth-order valence-electron chi connectivity index (χ4n) is 4.12. The Morgan fingerprint density at radius 1 is 1.08 bits per heavy atom. The summed E-state index contributed by atoms with van der Waals surface area (Å²) in [5.74, 6) is -0.437. The van der Waals surface area contributed by atoms with E-state index < -0.39 is 0 Å². The van der Waals surface area contributed by atoms with Crippen molar-refractivity contribution in [3.63, 3.8) is 0 Å². The van der Waals surface area contributed by atoms with E-state index >= 15 is 0 Å². The normalized spacial score (nSPS) is 22.4. The first-order valence-electron chi connectivity index (χ1n) is 9.84. The molecule has 0 bridgehead atoms. The van der Waals surface area contributed by atoms with Crippen LogP contribution in [0.1, 0.15) is 51.9 Å². The SMILES string of the molecule is CCCCN(C(=O)CCN1C(=O)[C@@H]2CCCC[C@H]2C1=O)c1ccccc1. The van der Waals surface area contributed by atoms with Crippen molar-refractivity contribution in [2.24, 2.45) is 11.8 Å². The van der Waals surface area contributed by atoms with E-state index in [4.69, 9.17) is 0 Å². The average Bonchev–Trinajstić information content (AvgIpc) is 2.92. The van der Waals surface area contributed by atoms with Gasteiger partial charge in [0.1, 0.15) is 0 Å². The molecule has 1 aliphatic carbocycles. The van der Waals surface area contributed by atoms with Crippen LogP contribution in [-0.2, 0) is 14.4 Å². The Bertz CT molecular complexity index is 634. The maximum atomic E-state index is 12.8. The van der Waals surface area contributed by atoms with Crippen molar-refractivity contribution in [3.8, 4) is 0 Å². The molecule has 2 aliphatic rings. The predicted octanol–water partition coefficient (Wildman–Crippen LogP) is 3.39. The van der Waals surface area contributed by atoms with Crippen LogP contribution in [0.3, 0.4) is 0 Å². The highest BCUT2D eigenvalue weighted by Crippen LogP contribution is 2.38. The number of unbranched alkanes of at least 4 members (excludes halogenated alkanes) is 1. The van der Waals surface area contributed by atoms with Crippen molar-refractivity contribution in [3.05, 3.63) is 30.3 Å². The number of amides is 3. The monoisotopic (exact) mass is 356 g/mol. The van der Waals surface area contributed by atoms with Gasteiger partial charge in [0.25, 0.3) is 0 Å². The first-order valence-corrected chi connectivity index (χ1v) is 9.84. The first kappa shape index (κ1) is 18.6. The molecule has 5 heteroatoms. The summed E-state index contributed by atoms with van der Waals surface area (Å²) in [7, 11) is 0. The second kappa shape index (κ2) is 8.47. The molecule has 0 radical (unpaired) electrons.